The fraction of sp³-hybridized carbons (Fsp3) is 0.308. The van der Waals surface area contributed by atoms with Gasteiger partial charge in [-0.1, -0.05) is 23.8 Å². The fourth-order valence-electron chi connectivity index (χ4n) is 1.80. The Bertz CT molecular complexity index is 479. The van der Waals surface area contributed by atoms with Crippen molar-refractivity contribution in [3.8, 4) is 11.3 Å². The molecule has 90 valence electrons. The van der Waals surface area contributed by atoms with Crippen molar-refractivity contribution in [3.63, 3.8) is 0 Å². The van der Waals surface area contributed by atoms with Crippen LogP contribution in [0.15, 0.2) is 30.5 Å². The summed E-state index contributed by atoms with van der Waals surface area (Å²) in [4.78, 5) is 0. The molecule has 0 aliphatic rings. The number of H-pyrrole nitrogens is 1. The van der Waals surface area contributed by atoms with E-state index in [9.17, 15) is 0 Å². The van der Waals surface area contributed by atoms with Crippen molar-refractivity contribution >= 4 is 0 Å². The molecule has 0 atom stereocenters. The molecule has 2 rings (SSSR count). The Morgan fingerprint density at radius 2 is 2.29 bits per heavy atom. The van der Waals surface area contributed by atoms with Gasteiger partial charge < -0.3 is 10.4 Å². The summed E-state index contributed by atoms with van der Waals surface area (Å²) in [6, 6.07) is 8.30. The lowest BCUT2D eigenvalue weighted by Crippen LogP contribution is -2.17. The maximum absolute atomic E-state index is 8.73. The Hall–Kier alpha value is -1.65. The molecule has 1 aromatic heterocycles. The monoisotopic (exact) mass is 231 g/mol. The van der Waals surface area contributed by atoms with Gasteiger partial charge in [-0.3, -0.25) is 5.10 Å². The SMILES string of the molecule is Cc1cccc(-c2[nH]ncc2CNCCO)c1. The highest BCUT2D eigenvalue weighted by Gasteiger charge is 2.06. The van der Waals surface area contributed by atoms with Gasteiger partial charge in [-0.2, -0.15) is 5.10 Å². The quantitative estimate of drug-likeness (QED) is 0.683. The number of hydrogen-bond donors (Lipinski definition) is 3. The van der Waals surface area contributed by atoms with E-state index in [-0.39, 0.29) is 6.61 Å². The van der Waals surface area contributed by atoms with E-state index in [4.69, 9.17) is 5.11 Å². The number of aromatic amines is 1. The summed E-state index contributed by atoms with van der Waals surface area (Å²) in [5.41, 5.74) is 4.53. The number of benzene rings is 1. The standard InChI is InChI=1S/C13H17N3O/c1-10-3-2-4-11(7-10)13-12(9-15-16-13)8-14-5-6-17/h2-4,7,9,14,17H,5-6,8H2,1H3,(H,15,16). The molecule has 0 spiro atoms. The predicted molar refractivity (Wildman–Crippen MR) is 67.6 cm³/mol. The third kappa shape index (κ3) is 2.93. The third-order valence-electron chi connectivity index (χ3n) is 2.63. The Kier molecular flexibility index (Phi) is 3.90. The van der Waals surface area contributed by atoms with Gasteiger partial charge in [0.25, 0.3) is 0 Å². The molecule has 0 saturated carbocycles. The Balaban J connectivity index is 2.18. The molecule has 2 aromatic rings. The smallest absolute Gasteiger partial charge is 0.0695 e. The van der Waals surface area contributed by atoms with Crippen LogP contribution < -0.4 is 5.32 Å². The first-order chi connectivity index (χ1) is 8.31. The van der Waals surface area contributed by atoms with E-state index in [0.29, 0.717) is 13.1 Å². The minimum atomic E-state index is 0.150. The molecule has 1 aromatic carbocycles. The van der Waals surface area contributed by atoms with Crippen molar-refractivity contribution in [1.82, 2.24) is 15.5 Å². The Morgan fingerprint density at radius 1 is 1.41 bits per heavy atom. The molecular formula is C13H17N3O. The molecule has 0 aliphatic heterocycles. The van der Waals surface area contributed by atoms with E-state index in [1.807, 2.05) is 12.3 Å². The summed E-state index contributed by atoms with van der Waals surface area (Å²) in [5.74, 6) is 0. The molecule has 1 heterocycles. The van der Waals surface area contributed by atoms with Crippen LogP contribution in [-0.4, -0.2) is 28.5 Å². The number of rotatable bonds is 5. The lowest BCUT2D eigenvalue weighted by Gasteiger charge is -2.05. The number of nitrogens with zero attached hydrogens (tertiary/aromatic N) is 1. The van der Waals surface area contributed by atoms with Crippen LogP contribution in [0.5, 0.6) is 0 Å². The normalized spacial score (nSPS) is 10.7. The lowest BCUT2D eigenvalue weighted by atomic mass is 10.1. The number of nitrogens with one attached hydrogen (secondary N) is 2. The lowest BCUT2D eigenvalue weighted by molar-refractivity contribution is 0.292. The molecule has 0 bridgehead atoms. The second-order valence-electron chi connectivity index (χ2n) is 4.04. The van der Waals surface area contributed by atoms with Gasteiger partial charge in [0, 0.05) is 24.2 Å². The summed E-state index contributed by atoms with van der Waals surface area (Å²) in [5, 5.41) is 19.0. The first-order valence-corrected chi connectivity index (χ1v) is 5.72. The number of aromatic nitrogens is 2. The minimum absolute atomic E-state index is 0.150. The fourth-order valence-corrected chi connectivity index (χ4v) is 1.80. The molecule has 0 aliphatic carbocycles. The van der Waals surface area contributed by atoms with Gasteiger partial charge in [-0.25, -0.2) is 0 Å². The Morgan fingerprint density at radius 3 is 3.06 bits per heavy atom. The molecule has 0 fully saturated rings. The largest absolute Gasteiger partial charge is 0.395 e. The molecule has 0 unspecified atom stereocenters. The number of aryl methyl sites for hydroxylation is 1. The van der Waals surface area contributed by atoms with Crippen molar-refractivity contribution < 1.29 is 5.11 Å². The van der Waals surface area contributed by atoms with Crippen LogP contribution in [0.25, 0.3) is 11.3 Å². The zero-order chi connectivity index (χ0) is 12.1. The summed E-state index contributed by atoms with van der Waals surface area (Å²) < 4.78 is 0. The van der Waals surface area contributed by atoms with Crippen LogP contribution in [0.2, 0.25) is 0 Å². The van der Waals surface area contributed by atoms with Gasteiger partial charge in [0.2, 0.25) is 0 Å². The highest BCUT2D eigenvalue weighted by molar-refractivity contribution is 5.63. The molecule has 0 amide bonds. The van der Waals surface area contributed by atoms with E-state index in [1.165, 1.54) is 5.56 Å². The molecule has 0 saturated heterocycles. The maximum atomic E-state index is 8.73. The molecule has 3 N–H and O–H groups in total. The molecule has 4 nitrogen and oxygen atoms in total. The Labute approximate surface area is 101 Å². The summed E-state index contributed by atoms with van der Waals surface area (Å²) >= 11 is 0. The summed E-state index contributed by atoms with van der Waals surface area (Å²) in [6.45, 7) is 3.53. The maximum Gasteiger partial charge on any atom is 0.0695 e. The zero-order valence-electron chi connectivity index (χ0n) is 9.90. The average molecular weight is 231 g/mol. The van der Waals surface area contributed by atoms with Crippen molar-refractivity contribution in [3.05, 3.63) is 41.6 Å². The topological polar surface area (TPSA) is 60.9 Å². The first-order valence-electron chi connectivity index (χ1n) is 5.72. The van der Waals surface area contributed by atoms with Crippen LogP contribution in [0.3, 0.4) is 0 Å². The number of aliphatic hydroxyl groups excluding tert-OH is 1. The van der Waals surface area contributed by atoms with E-state index >= 15 is 0 Å². The van der Waals surface area contributed by atoms with Crippen LogP contribution in [0.4, 0.5) is 0 Å². The van der Waals surface area contributed by atoms with Crippen LogP contribution >= 0.6 is 0 Å². The van der Waals surface area contributed by atoms with E-state index < -0.39 is 0 Å². The molecule has 4 heteroatoms. The average Bonchev–Trinajstić information content (AvgIpc) is 2.78. The van der Waals surface area contributed by atoms with E-state index in [2.05, 4.69) is 40.6 Å². The van der Waals surface area contributed by atoms with Crippen LogP contribution in [0.1, 0.15) is 11.1 Å². The van der Waals surface area contributed by atoms with Crippen molar-refractivity contribution in [2.75, 3.05) is 13.2 Å². The molecular weight excluding hydrogens is 214 g/mol. The predicted octanol–water partition coefficient (Wildman–Crippen LogP) is 1.47. The van der Waals surface area contributed by atoms with E-state index in [0.717, 1.165) is 16.8 Å². The highest BCUT2D eigenvalue weighted by atomic mass is 16.3. The third-order valence-corrected chi connectivity index (χ3v) is 2.63. The van der Waals surface area contributed by atoms with Crippen LogP contribution in [-0.2, 0) is 6.54 Å². The van der Waals surface area contributed by atoms with Crippen LogP contribution in [0, 0.1) is 6.92 Å². The second-order valence-corrected chi connectivity index (χ2v) is 4.04. The van der Waals surface area contributed by atoms with Crippen molar-refractivity contribution in [2.24, 2.45) is 0 Å². The highest BCUT2D eigenvalue weighted by Crippen LogP contribution is 2.21. The second kappa shape index (κ2) is 5.61. The summed E-state index contributed by atoms with van der Waals surface area (Å²) in [6.07, 6.45) is 1.82. The van der Waals surface area contributed by atoms with Crippen molar-refractivity contribution in [2.45, 2.75) is 13.5 Å². The van der Waals surface area contributed by atoms with Gasteiger partial charge in [0.1, 0.15) is 0 Å². The number of hydrogen-bond acceptors (Lipinski definition) is 3. The van der Waals surface area contributed by atoms with E-state index in [1.54, 1.807) is 0 Å². The minimum Gasteiger partial charge on any atom is -0.395 e. The van der Waals surface area contributed by atoms with Gasteiger partial charge >= 0.3 is 0 Å². The molecule has 17 heavy (non-hydrogen) atoms. The zero-order valence-corrected chi connectivity index (χ0v) is 9.90. The molecule has 0 radical (unpaired) electrons. The van der Waals surface area contributed by atoms with Crippen molar-refractivity contribution in [1.29, 1.82) is 0 Å². The summed E-state index contributed by atoms with van der Waals surface area (Å²) in [7, 11) is 0. The van der Waals surface area contributed by atoms with Gasteiger partial charge in [0.15, 0.2) is 0 Å². The van der Waals surface area contributed by atoms with Gasteiger partial charge in [0.05, 0.1) is 18.5 Å². The first kappa shape index (κ1) is 11.8. The van der Waals surface area contributed by atoms with Gasteiger partial charge in [-0.05, 0) is 13.0 Å². The number of aliphatic hydroxyl groups is 1. The van der Waals surface area contributed by atoms with Gasteiger partial charge in [-0.15, -0.1) is 0 Å².